The van der Waals surface area contributed by atoms with Crippen LogP contribution in [0.25, 0.3) is 0 Å². The summed E-state index contributed by atoms with van der Waals surface area (Å²) in [5, 5.41) is 3.43. The SMILES string of the molecule is Cc1cc(C)cc(CNc2cccc(Br)c2)c1. The summed E-state index contributed by atoms with van der Waals surface area (Å²) < 4.78 is 1.10. The van der Waals surface area contributed by atoms with E-state index in [0.29, 0.717) is 0 Å². The lowest BCUT2D eigenvalue weighted by Crippen LogP contribution is -2.00. The third-order valence-electron chi connectivity index (χ3n) is 2.60. The third-order valence-corrected chi connectivity index (χ3v) is 3.10. The Morgan fingerprint density at radius 1 is 1.00 bits per heavy atom. The van der Waals surface area contributed by atoms with Crippen LogP contribution < -0.4 is 5.32 Å². The molecule has 0 spiro atoms. The van der Waals surface area contributed by atoms with Crippen molar-refractivity contribution in [1.82, 2.24) is 0 Å². The molecule has 0 fully saturated rings. The molecule has 88 valence electrons. The van der Waals surface area contributed by atoms with Crippen LogP contribution in [0.4, 0.5) is 5.69 Å². The van der Waals surface area contributed by atoms with E-state index in [0.717, 1.165) is 16.7 Å². The predicted molar refractivity (Wildman–Crippen MR) is 77.4 cm³/mol. The van der Waals surface area contributed by atoms with Gasteiger partial charge >= 0.3 is 0 Å². The molecule has 0 saturated carbocycles. The molecule has 2 heteroatoms. The molecule has 2 rings (SSSR count). The van der Waals surface area contributed by atoms with Gasteiger partial charge in [0.2, 0.25) is 0 Å². The highest BCUT2D eigenvalue weighted by Gasteiger charge is 1.97. The summed E-state index contributed by atoms with van der Waals surface area (Å²) in [5.41, 5.74) is 5.09. The highest BCUT2D eigenvalue weighted by atomic mass is 79.9. The van der Waals surface area contributed by atoms with E-state index in [-0.39, 0.29) is 0 Å². The standard InChI is InChI=1S/C15H16BrN/c1-11-6-12(2)8-13(7-11)10-17-15-5-3-4-14(16)9-15/h3-9,17H,10H2,1-2H3. The lowest BCUT2D eigenvalue weighted by molar-refractivity contribution is 1.13. The van der Waals surface area contributed by atoms with E-state index in [1.165, 1.54) is 16.7 Å². The number of anilines is 1. The molecule has 0 radical (unpaired) electrons. The van der Waals surface area contributed by atoms with Crippen molar-refractivity contribution in [3.05, 3.63) is 63.6 Å². The predicted octanol–water partition coefficient (Wildman–Crippen LogP) is 4.68. The summed E-state index contributed by atoms with van der Waals surface area (Å²) in [4.78, 5) is 0. The first-order valence-electron chi connectivity index (χ1n) is 5.70. The zero-order chi connectivity index (χ0) is 12.3. The van der Waals surface area contributed by atoms with Gasteiger partial charge in [-0.3, -0.25) is 0 Å². The van der Waals surface area contributed by atoms with Gasteiger partial charge in [-0.25, -0.2) is 0 Å². The fourth-order valence-corrected chi connectivity index (χ4v) is 2.37. The van der Waals surface area contributed by atoms with Crippen LogP contribution in [0.3, 0.4) is 0 Å². The highest BCUT2D eigenvalue weighted by molar-refractivity contribution is 9.10. The molecule has 0 amide bonds. The second-order valence-electron chi connectivity index (χ2n) is 4.36. The Morgan fingerprint density at radius 2 is 1.71 bits per heavy atom. The summed E-state index contributed by atoms with van der Waals surface area (Å²) >= 11 is 3.47. The van der Waals surface area contributed by atoms with E-state index in [2.05, 4.69) is 65.4 Å². The van der Waals surface area contributed by atoms with E-state index >= 15 is 0 Å². The maximum atomic E-state index is 3.47. The fraction of sp³-hybridized carbons (Fsp3) is 0.200. The van der Waals surface area contributed by atoms with E-state index in [9.17, 15) is 0 Å². The molecule has 0 saturated heterocycles. The van der Waals surface area contributed by atoms with Gasteiger partial charge in [0, 0.05) is 16.7 Å². The van der Waals surface area contributed by atoms with E-state index < -0.39 is 0 Å². The minimum absolute atomic E-state index is 0.860. The van der Waals surface area contributed by atoms with Gasteiger partial charge in [0.15, 0.2) is 0 Å². The van der Waals surface area contributed by atoms with Gasteiger partial charge < -0.3 is 5.32 Å². The first-order chi connectivity index (χ1) is 8.13. The number of hydrogen-bond acceptors (Lipinski definition) is 1. The van der Waals surface area contributed by atoms with Crippen molar-refractivity contribution in [1.29, 1.82) is 0 Å². The maximum Gasteiger partial charge on any atom is 0.0400 e. The summed E-state index contributed by atoms with van der Waals surface area (Å²) in [6.07, 6.45) is 0. The molecule has 2 aromatic rings. The Morgan fingerprint density at radius 3 is 2.35 bits per heavy atom. The Hall–Kier alpha value is -1.28. The molecule has 0 aliphatic rings. The van der Waals surface area contributed by atoms with Crippen LogP contribution in [0, 0.1) is 13.8 Å². The van der Waals surface area contributed by atoms with Crippen LogP contribution in [-0.2, 0) is 6.54 Å². The smallest absolute Gasteiger partial charge is 0.0400 e. The molecule has 0 bridgehead atoms. The van der Waals surface area contributed by atoms with E-state index in [4.69, 9.17) is 0 Å². The number of rotatable bonds is 3. The second-order valence-corrected chi connectivity index (χ2v) is 5.28. The molecule has 0 aromatic heterocycles. The number of halogens is 1. The van der Waals surface area contributed by atoms with Crippen LogP contribution in [0.2, 0.25) is 0 Å². The van der Waals surface area contributed by atoms with Crippen LogP contribution in [0.5, 0.6) is 0 Å². The molecule has 2 aromatic carbocycles. The number of benzene rings is 2. The minimum atomic E-state index is 0.860. The average Bonchev–Trinajstić information content (AvgIpc) is 2.25. The Bertz CT molecular complexity index is 500. The molecule has 1 N–H and O–H groups in total. The van der Waals surface area contributed by atoms with Crippen molar-refractivity contribution in [2.75, 3.05) is 5.32 Å². The Labute approximate surface area is 111 Å². The molecule has 0 unspecified atom stereocenters. The van der Waals surface area contributed by atoms with Gasteiger partial charge in [-0.05, 0) is 37.6 Å². The van der Waals surface area contributed by atoms with Crippen LogP contribution in [0.1, 0.15) is 16.7 Å². The van der Waals surface area contributed by atoms with Crippen molar-refractivity contribution in [3.63, 3.8) is 0 Å². The first kappa shape index (κ1) is 12.2. The third kappa shape index (κ3) is 3.60. The van der Waals surface area contributed by atoms with Gasteiger partial charge in [-0.1, -0.05) is 51.3 Å². The summed E-state index contributed by atoms with van der Waals surface area (Å²) in [6, 6.07) is 14.9. The molecule has 0 aliphatic carbocycles. The number of hydrogen-bond donors (Lipinski definition) is 1. The quantitative estimate of drug-likeness (QED) is 0.865. The average molecular weight is 290 g/mol. The molecule has 0 atom stereocenters. The Kier molecular flexibility index (Phi) is 3.85. The van der Waals surface area contributed by atoms with Crippen LogP contribution >= 0.6 is 15.9 Å². The lowest BCUT2D eigenvalue weighted by atomic mass is 10.1. The van der Waals surface area contributed by atoms with Gasteiger partial charge in [0.05, 0.1) is 0 Å². The zero-order valence-corrected chi connectivity index (χ0v) is 11.7. The van der Waals surface area contributed by atoms with Crippen LogP contribution in [0.15, 0.2) is 46.9 Å². The topological polar surface area (TPSA) is 12.0 Å². The van der Waals surface area contributed by atoms with E-state index in [1.807, 2.05) is 12.1 Å². The normalized spacial score (nSPS) is 10.3. The van der Waals surface area contributed by atoms with Crippen molar-refractivity contribution in [2.45, 2.75) is 20.4 Å². The molecular formula is C15H16BrN. The Balaban J connectivity index is 2.07. The first-order valence-corrected chi connectivity index (χ1v) is 6.49. The molecule has 17 heavy (non-hydrogen) atoms. The largest absolute Gasteiger partial charge is 0.381 e. The summed E-state index contributed by atoms with van der Waals surface area (Å²) in [6.45, 7) is 5.13. The highest BCUT2D eigenvalue weighted by Crippen LogP contribution is 2.17. The molecule has 0 aliphatic heterocycles. The summed E-state index contributed by atoms with van der Waals surface area (Å²) in [7, 11) is 0. The van der Waals surface area contributed by atoms with Gasteiger partial charge in [0.1, 0.15) is 0 Å². The van der Waals surface area contributed by atoms with Crippen molar-refractivity contribution in [2.24, 2.45) is 0 Å². The maximum absolute atomic E-state index is 3.47. The van der Waals surface area contributed by atoms with Crippen molar-refractivity contribution in [3.8, 4) is 0 Å². The minimum Gasteiger partial charge on any atom is -0.381 e. The van der Waals surface area contributed by atoms with Crippen LogP contribution in [-0.4, -0.2) is 0 Å². The molecule has 0 heterocycles. The monoisotopic (exact) mass is 289 g/mol. The second kappa shape index (κ2) is 5.37. The van der Waals surface area contributed by atoms with Gasteiger partial charge in [-0.2, -0.15) is 0 Å². The van der Waals surface area contributed by atoms with E-state index in [1.54, 1.807) is 0 Å². The molecular weight excluding hydrogens is 274 g/mol. The van der Waals surface area contributed by atoms with Gasteiger partial charge in [-0.15, -0.1) is 0 Å². The summed E-state index contributed by atoms with van der Waals surface area (Å²) in [5.74, 6) is 0. The fourth-order valence-electron chi connectivity index (χ4n) is 1.97. The lowest BCUT2D eigenvalue weighted by Gasteiger charge is -2.08. The van der Waals surface area contributed by atoms with Crippen molar-refractivity contribution >= 4 is 21.6 Å². The van der Waals surface area contributed by atoms with Gasteiger partial charge in [0.25, 0.3) is 0 Å². The number of nitrogens with one attached hydrogen (secondary N) is 1. The zero-order valence-electron chi connectivity index (χ0n) is 10.1. The molecule has 1 nitrogen and oxygen atoms in total. The number of aryl methyl sites for hydroxylation is 2. The van der Waals surface area contributed by atoms with Crippen molar-refractivity contribution < 1.29 is 0 Å².